The van der Waals surface area contributed by atoms with Crippen molar-refractivity contribution in [3.63, 3.8) is 0 Å². The van der Waals surface area contributed by atoms with Crippen molar-refractivity contribution in [3.8, 4) is 0 Å². The van der Waals surface area contributed by atoms with Gasteiger partial charge in [-0.15, -0.1) is 0 Å². The van der Waals surface area contributed by atoms with E-state index in [2.05, 4.69) is 10.4 Å². The Hall–Kier alpha value is -1.52. The van der Waals surface area contributed by atoms with Crippen molar-refractivity contribution in [2.45, 2.75) is 65.0 Å². The van der Waals surface area contributed by atoms with E-state index in [0.29, 0.717) is 17.9 Å². The molecule has 1 saturated carbocycles. The lowest BCUT2D eigenvalue weighted by Gasteiger charge is -2.16. The van der Waals surface area contributed by atoms with Crippen molar-refractivity contribution in [3.05, 3.63) is 11.4 Å². The molecule has 1 heterocycles. The average molecular weight is 264 g/mol. The second-order valence-electron chi connectivity index (χ2n) is 5.33. The van der Waals surface area contributed by atoms with Crippen LogP contribution in [0.1, 0.15) is 61.6 Å². The SMILES string of the molecule is CCn1nc(C)c(N)c1C(=O)NC1CCCCCC1. The molecular weight excluding hydrogens is 240 g/mol. The van der Waals surface area contributed by atoms with Gasteiger partial charge in [-0.2, -0.15) is 5.10 Å². The third-order valence-electron chi connectivity index (χ3n) is 3.88. The molecule has 0 saturated heterocycles. The Balaban J connectivity index is 2.10. The molecule has 3 N–H and O–H groups in total. The number of nitrogens with zero attached hydrogens (tertiary/aromatic N) is 2. The van der Waals surface area contributed by atoms with E-state index in [1.807, 2.05) is 13.8 Å². The van der Waals surface area contributed by atoms with E-state index in [4.69, 9.17) is 5.73 Å². The fourth-order valence-corrected chi connectivity index (χ4v) is 2.74. The summed E-state index contributed by atoms with van der Waals surface area (Å²) in [6, 6.07) is 0.287. The van der Waals surface area contributed by atoms with Gasteiger partial charge in [-0.05, 0) is 26.7 Å². The van der Waals surface area contributed by atoms with Gasteiger partial charge in [0.25, 0.3) is 5.91 Å². The number of aromatic nitrogens is 2. The summed E-state index contributed by atoms with van der Waals surface area (Å²) in [6.45, 7) is 4.46. The molecule has 0 bridgehead atoms. The van der Waals surface area contributed by atoms with Gasteiger partial charge in [0, 0.05) is 12.6 Å². The number of carbonyl (C=O) groups excluding carboxylic acids is 1. The minimum absolute atomic E-state index is 0.0770. The van der Waals surface area contributed by atoms with Crippen molar-refractivity contribution < 1.29 is 4.79 Å². The summed E-state index contributed by atoms with van der Waals surface area (Å²) in [6.07, 6.45) is 7.11. The van der Waals surface area contributed by atoms with E-state index in [1.165, 1.54) is 25.7 Å². The molecule has 0 aliphatic heterocycles. The summed E-state index contributed by atoms with van der Waals surface area (Å²) in [7, 11) is 0. The largest absolute Gasteiger partial charge is 0.395 e. The monoisotopic (exact) mass is 264 g/mol. The topological polar surface area (TPSA) is 72.9 Å². The van der Waals surface area contributed by atoms with E-state index in [0.717, 1.165) is 18.5 Å². The molecule has 1 aliphatic rings. The van der Waals surface area contributed by atoms with Gasteiger partial charge in [0.2, 0.25) is 0 Å². The molecular formula is C14H24N4O. The predicted molar refractivity (Wildman–Crippen MR) is 76.0 cm³/mol. The number of nitrogens with one attached hydrogen (secondary N) is 1. The highest BCUT2D eigenvalue weighted by atomic mass is 16.2. The van der Waals surface area contributed by atoms with E-state index in [-0.39, 0.29) is 11.9 Å². The van der Waals surface area contributed by atoms with Crippen LogP contribution in [0.25, 0.3) is 0 Å². The second kappa shape index (κ2) is 6.08. The highest BCUT2D eigenvalue weighted by Gasteiger charge is 2.22. The molecule has 5 nitrogen and oxygen atoms in total. The Morgan fingerprint density at radius 1 is 1.37 bits per heavy atom. The average Bonchev–Trinajstić information content (AvgIpc) is 2.59. The molecule has 2 rings (SSSR count). The number of anilines is 1. The zero-order chi connectivity index (χ0) is 13.8. The van der Waals surface area contributed by atoms with Crippen LogP contribution < -0.4 is 11.1 Å². The summed E-state index contributed by atoms with van der Waals surface area (Å²) >= 11 is 0. The minimum atomic E-state index is -0.0770. The summed E-state index contributed by atoms with van der Waals surface area (Å²) in [5, 5.41) is 7.42. The van der Waals surface area contributed by atoms with Crippen molar-refractivity contribution in [1.29, 1.82) is 0 Å². The molecule has 106 valence electrons. The van der Waals surface area contributed by atoms with Crippen molar-refractivity contribution >= 4 is 11.6 Å². The molecule has 0 spiro atoms. The van der Waals surface area contributed by atoms with Crippen LogP contribution in [-0.2, 0) is 6.54 Å². The van der Waals surface area contributed by atoms with E-state index >= 15 is 0 Å². The molecule has 1 aliphatic carbocycles. The Morgan fingerprint density at radius 3 is 2.58 bits per heavy atom. The van der Waals surface area contributed by atoms with Gasteiger partial charge in [0.05, 0.1) is 11.4 Å². The zero-order valence-electron chi connectivity index (χ0n) is 11.9. The Kier molecular flexibility index (Phi) is 4.45. The summed E-state index contributed by atoms with van der Waals surface area (Å²) in [4.78, 5) is 12.4. The van der Waals surface area contributed by atoms with Gasteiger partial charge >= 0.3 is 0 Å². The first-order chi connectivity index (χ1) is 9.13. The third kappa shape index (κ3) is 3.08. The number of amides is 1. The number of hydrogen-bond acceptors (Lipinski definition) is 3. The van der Waals surface area contributed by atoms with Crippen LogP contribution in [0.3, 0.4) is 0 Å². The van der Waals surface area contributed by atoms with Crippen molar-refractivity contribution in [1.82, 2.24) is 15.1 Å². The molecule has 1 aromatic rings. The van der Waals surface area contributed by atoms with Gasteiger partial charge in [0.15, 0.2) is 0 Å². The molecule has 0 unspecified atom stereocenters. The molecule has 19 heavy (non-hydrogen) atoms. The molecule has 5 heteroatoms. The quantitative estimate of drug-likeness (QED) is 0.822. The number of nitrogen functional groups attached to an aromatic ring is 1. The highest BCUT2D eigenvalue weighted by Crippen LogP contribution is 2.20. The lowest BCUT2D eigenvalue weighted by molar-refractivity contribution is 0.0923. The van der Waals surface area contributed by atoms with Crippen molar-refractivity contribution in [2.75, 3.05) is 5.73 Å². The van der Waals surface area contributed by atoms with Crippen LogP contribution in [0.2, 0.25) is 0 Å². The fraction of sp³-hybridized carbons (Fsp3) is 0.714. The summed E-state index contributed by atoms with van der Waals surface area (Å²) in [5.41, 5.74) is 7.73. The molecule has 0 radical (unpaired) electrons. The maximum atomic E-state index is 12.4. The first-order valence-corrected chi connectivity index (χ1v) is 7.27. The number of carbonyl (C=O) groups is 1. The van der Waals surface area contributed by atoms with E-state index < -0.39 is 0 Å². The normalized spacial score (nSPS) is 17.2. The van der Waals surface area contributed by atoms with Gasteiger partial charge < -0.3 is 11.1 Å². The molecule has 1 fully saturated rings. The number of hydrogen-bond donors (Lipinski definition) is 2. The number of rotatable bonds is 3. The Labute approximate surface area is 114 Å². The standard InChI is InChI=1S/C14H24N4O/c1-3-18-13(12(15)10(2)17-18)14(19)16-11-8-6-4-5-7-9-11/h11H,3-9,15H2,1-2H3,(H,16,19). The highest BCUT2D eigenvalue weighted by molar-refractivity contribution is 5.98. The van der Waals surface area contributed by atoms with Gasteiger partial charge in [0.1, 0.15) is 5.69 Å². The summed E-state index contributed by atoms with van der Waals surface area (Å²) in [5.74, 6) is -0.0770. The fourth-order valence-electron chi connectivity index (χ4n) is 2.74. The van der Waals surface area contributed by atoms with Crippen LogP contribution in [0.5, 0.6) is 0 Å². The van der Waals surface area contributed by atoms with E-state index in [1.54, 1.807) is 4.68 Å². The molecule has 1 aromatic heterocycles. The Bertz CT molecular complexity index is 445. The van der Waals surface area contributed by atoms with Crippen LogP contribution in [0.15, 0.2) is 0 Å². The maximum Gasteiger partial charge on any atom is 0.271 e. The lowest BCUT2D eigenvalue weighted by Crippen LogP contribution is -2.36. The molecule has 0 atom stereocenters. The minimum Gasteiger partial charge on any atom is -0.395 e. The van der Waals surface area contributed by atoms with Crippen molar-refractivity contribution in [2.24, 2.45) is 0 Å². The van der Waals surface area contributed by atoms with Crippen LogP contribution in [0.4, 0.5) is 5.69 Å². The predicted octanol–water partition coefficient (Wildman–Crippen LogP) is 2.25. The molecule has 1 amide bonds. The van der Waals surface area contributed by atoms with Crippen LogP contribution in [0, 0.1) is 6.92 Å². The maximum absolute atomic E-state index is 12.4. The van der Waals surface area contributed by atoms with Gasteiger partial charge in [-0.1, -0.05) is 25.7 Å². The van der Waals surface area contributed by atoms with Crippen LogP contribution in [-0.4, -0.2) is 21.7 Å². The van der Waals surface area contributed by atoms with Gasteiger partial charge in [-0.3, -0.25) is 9.48 Å². The first kappa shape index (κ1) is 13.9. The second-order valence-corrected chi connectivity index (χ2v) is 5.33. The number of aryl methyl sites for hydroxylation is 2. The molecule has 0 aromatic carbocycles. The smallest absolute Gasteiger partial charge is 0.271 e. The zero-order valence-corrected chi connectivity index (χ0v) is 11.9. The lowest BCUT2D eigenvalue weighted by atomic mass is 10.1. The van der Waals surface area contributed by atoms with Crippen LogP contribution >= 0.6 is 0 Å². The van der Waals surface area contributed by atoms with Gasteiger partial charge in [-0.25, -0.2) is 0 Å². The van der Waals surface area contributed by atoms with E-state index in [9.17, 15) is 4.79 Å². The summed E-state index contributed by atoms with van der Waals surface area (Å²) < 4.78 is 1.69. The Morgan fingerprint density at radius 2 is 2.00 bits per heavy atom. The third-order valence-corrected chi connectivity index (χ3v) is 3.88. The number of nitrogens with two attached hydrogens (primary N) is 1. The first-order valence-electron chi connectivity index (χ1n) is 7.27.